The summed E-state index contributed by atoms with van der Waals surface area (Å²) in [6.45, 7) is 4.76. The van der Waals surface area contributed by atoms with Gasteiger partial charge < -0.3 is 14.4 Å². The molecule has 1 aliphatic rings. The van der Waals surface area contributed by atoms with Gasteiger partial charge in [0.15, 0.2) is 6.61 Å². The van der Waals surface area contributed by atoms with E-state index in [1.54, 1.807) is 4.90 Å². The largest absolute Gasteiger partial charge is 0.483 e. The topological polar surface area (TPSA) is 38.8 Å². The molecule has 4 heteroatoms. The summed E-state index contributed by atoms with van der Waals surface area (Å²) < 4.78 is 10.8. The number of aryl methyl sites for hydroxylation is 1. The molecule has 1 aromatic rings. The Balaban J connectivity index is 1.88. The van der Waals surface area contributed by atoms with Crippen LogP contribution < -0.4 is 4.74 Å². The third-order valence-electron chi connectivity index (χ3n) is 3.07. The van der Waals surface area contributed by atoms with E-state index in [1.807, 2.05) is 24.3 Å². The van der Waals surface area contributed by atoms with Crippen LogP contribution in [0.2, 0.25) is 0 Å². The van der Waals surface area contributed by atoms with Gasteiger partial charge in [-0.25, -0.2) is 0 Å². The number of rotatable bonds is 4. The zero-order valence-electron chi connectivity index (χ0n) is 10.7. The fourth-order valence-corrected chi connectivity index (χ4v) is 1.98. The van der Waals surface area contributed by atoms with Crippen LogP contribution in [0.15, 0.2) is 24.3 Å². The van der Waals surface area contributed by atoms with E-state index in [4.69, 9.17) is 9.47 Å². The Morgan fingerprint density at radius 2 is 2.06 bits per heavy atom. The molecule has 18 heavy (non-hydrogen) atoms. The average molecular weight is 249 g/mol. The van der Waals surface area contributed by atoms with Gasteiger partial charge in [0.2, 0.25) is 0 Å². The van der Waals surface area contributed by atoms with E-state index < -0.39 is 0 Å². The molecular formula is C14H19NO3. The monoisotopic (exact) mass is 249 g/mol. The van der Waals surface area contributed by atoms with Gasteiger partial charge in [-0.2, -0.15) is 0 Å². The number of carbonyl (C=O) groups is 1. The fraction of sp³-hybridized carbons (Fsp3) is 0.500. The van der Waals surface area contributed by atoms with Crippen molar-refractivity contribution >= 4 is 5.91 Å². The Bertz CT molecular complexity index is 400. The second kappa shape index (κ2) is 6.40. The number of carbonyl (C=O) groups excluding carboxylic acids is 1. The van der Waals surface area contributed by atoms with Crippen molar-refractivity contribution in [3.05, 3.63) is 29.8 Å². The highest BCUT2D eigenvalue weighted by Crippen LogP contribution is 2.18. The first-order valence-corrected chi connectivity index (χ1v) is 6.37. The highest BCUT2D eigenvalue weighted by molar-refractivity contribution is 5.77. The standard InChI is InChI=1S/C14H19NO3/c1-2-12-5-3-4-6-13(12)18-11-14(16)15-7-9-17-10-8-15/h3-6H,2,7-11H2,1H3. The summed E-state index contributed by atoms with van der Waals surface area (Å²) in [5.74, 6) is 0.839. The SMILES string of the molecule is CCc1ccccc1OCC(=O)N1CCOCC1. The first-order chi connectivity index (χ1) is 8.81. The maximum Gasteiger partial charge on any atom is 0.260 e. The summed E-state index contributed by atoms with van der Waals surface area (Å²) in [4.78, 5) is 13.7. The molecule has 1 heterocycles. The molecule has 1 aliphatic heterocycles. The Hall–Kier alpha value is -1.55. The molecule has 1 saturated heterocycles. The van der Waals surface area contributed by atoms with Crippen LogP contribution in [-0.2, 0) is 16.0 Å². The normalized spacial score (nSPS) is 15.5. The molecule has 0 N–H and O–H groups in total. The van der Waals surface area contributed by atoms with E-state index in [0.29, 0.717) is 26.3 Å². The average Bonchev–Trinajstić information content (AvgIpc) is 2.46. The first-order valence-electron chi connectivity index (χ1n) is 6.37. The number of hydrogen-bond acceptors (Lipinski definition) is 3. The molecule has 0 bridgehead atoms. The van der Waals surface area contributed by atoms with Crippen LogP contribution in [0.25, 0.3) is 0 Å². The number of amides is 1. The van der Waals surface area contributed by atoms with Crippen LogP contribution in [0.3, 0.4) is 0 Å². The molecular weight excluding hydrogens is 230 g/mol. The maximum absolute atomic E-state index is 11.9. The maximum atomic E-state index is 11.9. The summed E-state index contributed by atoms with van der Waals surface area (Å²) in [5.41, 5.74) is 1.13. The molecule has 1 amide bonds. The molecule has 1 fully saturated rings. The van der Waals surface area contributed by atoms with Gasteiger partial charge in [-0.3, -0.25) is 4.79 Å². The van der Waals surface area contributed by atoms with Crippen LogP contribution in [-0.4, -0.2) is 43.7 Å². The van der Waals surface area contributed by atoms with Crippen molar-refractivity contribution in [1.82, 2.24) is 4.90 Å². The van der Waals surface area contributed by atoms with Gasteiger partial charge in [-0.15, -0.1) is 0 Å². The van der Waals surface area contributed by atoms with Gasteiger partial charge >= 0.3 is 0 Å². The third kappa shape index (κ3) is 3.23. The fourth-order valence-electron chi connectivity index (χ4n) is 1.98. The molecule has 2 rings (SSSR count). The summed E-state index contributed by atoms with van der Waals surface area (Å²) in [7, 11) is 0. The van der Waals surface area contributed by atoms with Crippen molar-refractivity contribution < 1.29 is 14.3 Å². The van der Waals surface area contributed by atoms with Crippen molar-refractivity contribution in [2.24, 2.45) is 0 Å². The number of nitrogens with zero attached hydrogens (tertiary/aromatic N) is 1. The lowest BCUT2D eigenvalue weighted by molar-refractivity contribution is -0.137. The Morgan fingerprint density at radius 1 is 1.33 bits per heavy atom. The van der Waals surface area contributed by atoms with Crippen LogP contribution in [0, 0.1) is 0 Å². The third-order valence-corrected chi connectivity index (χ3v) is 3.07. The molecule has 0 radical (unpaired) electrons. The van der Waals surface area contributed by atoms with E-state index >= 15 is 0 Å². The highest BCUT2D eigenvalue weighted by atomic mass is 16.5. The van der Waals surface area contributed by atoms with Gasteiger partial charge in [0.1, 0.15) is 5.75 Å². The number of benzene rings is 1. The van der Waals surface area contributed by atoms with Gasteiger partial charge in [-0.05, 0) is 18.1 Å². The number of morpholine rings is 1. The summed E-state index contributed by atoms with van der Waals surface area (Å²) in [6, 6.07) is 7.84. The Morgan fingerprint density at radius 3 is 2.78 bits per heavy atom. The van der Waals surface area contributed by atoms with E-state index in [1.165, 1.54) is 0 Å². The molecule has 0 spiro atoms. The van der Waals surface area contributed by atoms with Gasteiger partial charge in [0.05, 0.1) is 13.2 Å². The van der Waals surface area contributed by atoms with Crippen LogP contribution in [0.4, 0.5) is 0 Å². The minimum Gasteiger partial charge on any atom is -0.483 e. The Kier molecular flexibility index (Phi) is 4.59. The van der Waals surface area contributed by atoms with E-state index in [9.17, 15) is 4.79 Å². The molecule has 0 aromatic heterocycles. The quantitative estimate of drug-likeness (QED) is 0.811. The minimum absolute atomic E-state index is 0.0317. The van der Waals surface area contributed by atoms with Crippen molar-refractivity contribution in [3.8, 4) is 5.75 Å². The molecule has 98 valence electrons. The number of ether oxygens (including phenoxy) is 2. The zero-order valence-corrected chi connectivity index (χ0v) is 10.7. The predicted octanol–water partition coefficient (Wildman–Crippen LogP) is 1.49. The van der Waals surface area contributed by atoms with E-state index in [2.05, 4.69) is 6.92 Å². The smallest absolute Gasteiger partial charge is 0.260 e. The minimum atomic E-state index is 0.0317. The van der Waals surface area contributed by atoms with Crippen LogP contribution >= 0.6 is 0 Å². The van der Waals surface area contributed by atoms with Crippen molar-refractivity contribution in [1.29, 1.82) is 0 Å². The molecule has 1 aromatic carbocycles. The molecule has 0 saturated carbocycles. The van der Waals surface area contributed by atoms with E-state index in [0.717, 1.165) is 17.7 Å². The summed E-state index contributed by atoms with van der Waals surface area (Å²) in [5, 5.41) is 0. The number of para-hydroxylation sites is 1. The van der Waals surface area contributed by atoms with Crippen LogP contribution in [0.5, 0.6) is 5.75 Å². The van der Waals surface area contributed by atoms with E-state index in [-0.39, 0.29) is 12.5 Å². The van der Waals surface area contributed by atoms with Gasteiger partial charge in [-0.1, -0.05) is 25.1 Å². The first kappa shape index (κ1) is 12.9. The zero-order chi connectivity index (χ0) is 12.8. The lowest BCUT2D eigenvalue weighted by Gasteiger charge is -2.26. The second-order valence-corrected chi connectivity index (χ2v) is 4.24. The lowest BCUT2D eigenvalue weighted by atomic mass is 10.1. The molecule has 0 aliphatic carbocycles. The highest BCUT2D eigenvalue weighted by Gasteiger charge is 2.17. The van der Waals surface area contributed by atoms with Crippen molar-refractivity contribution in [2.75, 3.05) is 32.9 Å². The summed E-state index contributed by atoms with van der Waals surface area (Å²) in [6.07, 6.45) is 0.905. The molecule has 4 nitrogen and oxygen atoms in total. The van der Waals surface area contributed by atoms with Crippen molar-refractivity contribution in [3.63, 3.8) is 0 Å². The number of hydrogen-bond donors (Lipinski definition) is 0. The second-order valence-electron chi connectivity index (χ2n) is 4.24. The van der Waals surface area contributed by atoms with Crippen LogP contribution in [0.1, 0.15) is 12.5 Å². The van der Waals surface area contributed by atoms with Gasteiger partial charge in [0, 0.05) is 13.1 Å². The predicted molar refractivity (Wildman–Crippen MR) is 68.7 cm³/mol. The molecule has 0 atom stereocenters. The Labute approximate surface area is 107 Å². The lowest BCUT2D eigenvalue weighted by Crippen LogP contribution is -2.43. The molecule has 0 unspecified atom stereocenters. The van der Waals surface area contributed by atoms with Gasteiger partial charge in [0.25, 0.3) is 5.91 Å². The van der Waals surface area contributed by atoms with Crippen molar-refractivity contribution in [2.45, 2.75) is 13.3 Å². The summed E-state index contributed by atoms with van der Waals surface area (Å²) >= 11 is 0.